The second-order valence-electron chi connectivity index (χ2n) is 6.56. The molecule has 0 unspecified atom stereocenters. The lowest BCUT2D eigenvalue weighted by Gasteiger charge is -2.47. The van der Waals surface area contributed by atoms with E-state index in [0.29, 0.717) is 24.7 Å². The van der Waals surface area contributed by atoms with Gasteiger partial charge in [-0.25, -0.2) is 0 Å². The third-order valence-electron chi connectivity index (χ3n) is 5.35. The van der Waals surface area contributed by atoms with E-state index < -0.39 is 0 Å². The molecule has 1 saturated heterocycles. The summed E-state index contributed by atoms with van der Waals surface area (Å²) in [5.41, 5.74) is 1.76. The lowest BCUT2D eigenvalue weighted by molar-refractivity contribution is -0.107. The van der Waals surface area contributed by atoms with Crippen LogP contribution in [0.2, 0.25) is 0 Å². The van der Waals surface area contributed by atoms with Crippen LogP contribution in [0.4, 0.5) is 0 Å². The molecule has 0 radical (unpaired) electrons. The molecule has 3 rings (SSSR count). The van der Waals surface area contributed by atoms with Crippen LogP contribution in [0, 0.1) is 11.8 Å². The molecule has 2 heteroatoms. The van der Waals surface area contributed by atoms with Gasteiger partial charge in [0.1, 0.15) is 0 Å². The number of hydrogen-bond donors (Lipinski definition) is 1. The van der Waals surface area contributed by atoms with Gasteiger partial charge in [-0.05, 0) is 51.4 Å². The Bertz CT molecular complexity index is 323. The summed E-state index contributed by atoms with van der Waals surface area (Å²) < 4.78 is 6.48. The molecule has 2 aliphatic carbocycles. The summed E-state index contributed by atoms with van der Waals surface area (Å²) in [5.74, 6) is 1.44. The second kappa shape index (κ2) is 6.41. The van der Waals surface area contributed by atoms with Crippen LogP contribution in [0.1, 0.15) is 64.2 Å². The summed E-state index contributed by atoms with van der Waals surface area (Å²) in [7, 11) is 0. The predicted molar refractivity (Wildman–Crippen MR) is 77.0 cm³/mol. The Morgan fingerprint density at radius 2 is 1.89 bits per heavy atom. The number of ether oxygens (including phenoxy) is 1. The van der Waals surface area contributed by atoms with Crippen LogP contribution in [0.25, 0.3) is 0 Å². The smallest absolute Gasteiger partial charge is 0.0644 e. The number of aliphatic hydroxyl groups is 1. The van der Waals surface area contributed by atoms with Gasteiger partial charge in [0, 0.05) is 18.4 Å². The van der Waals surface area contributed by atoms with E-state index in [9.17, 15) is 0 Å². The summed E-state index contributed by atoms with van der Waals surface area (Å²) in [5, 5.41) is 8.96. The van der Waals surface area contributed by atoms with E-state index in [-0.39, 0.29) is 0 Å². The van der Waals surface area contributed by atoms with Crippen LogP contribution in [-0.2, 0) is 4.74 Å². The largest absolute Gasteiger partial charge is 0.396 e. The topological polar surface area (TPSA) is 29.5 Å². The van der Waals surface area contributed by atoms with Crippen molar-refractivity contribution in [3.05, 3.63) is 11.6 Å². The minimum atomic E-state index is 0.326. The van der Waals surface area contributed by atoms with Gasteiger partial charge in [0.15, 0.2) is 0 Å². The molecular weight excluding hydrogens is 236 g/mol. The molecule has 0 amide bonds. The summed E-state index contributed by atoms with van der Waals surface area (Å²) in [6.07, 6.45) is 16.0. The molecule has 2 nitrogen and oxygen atoms in total. The fourth-order valence-electron chi connectivity index (χ4n) is 4.44. The number of hydrogen-bond acceptors (Lipinski definition) is 2. The van der Waals surface area contributed by atoms with E-state index in [0.717, 1.165) is 25.2 Å². The third-order valence-corrected chi connectivity index (χ3v) is 5.35. The Morgan fingerprint density at radius 1 is 1.05 bits per heavy atom. The lowest BCUT2D eigenvalue weighted by atomic mass is 9.68. The highest BCUT2D eigenvalue weighted by atomic mass is 16.5. The number of aliphatic hydroxyl groups excluding tert-OH is 1. The lowest BCUT2D eigenvalue weighted by Crippen LogP contribution is -2.45. The van der Waals surface area contributed by atoms with E-state index in [4.69, 9.17) is 9.84 Å². The SMILES string of the molecule is OCCCC[C@H]1O[C@@H]2CCCC[C@H]2C2=CCCC[C@H]21. The van der Waals surface area contributed by atoms with Gasteiger partial charge in [0.2, 0.25) is 0 Å². The van der Waals surface area contributed by atoms with Crippen molar-refractivity contribution in [2.45, 2.75) is 76.4 Å². The molecule has 0 aromatic heterocycles. The summed E-state index contributed by atoms with van der Waals surface area (Å²) in [6.45, 7) is 0.326. The molecule has 0 aromatic rings. The average molecular weight is 264 g/mol. The first-order valence-corrected chi connectivity index (χ1v) is 8.36. The predicted octanol–water partition coefficient (Wildman–Crippen LogP) is 3.83. The van der Waals surface area contributed by atoms with Crippen LogP contribution in [-0.4, -0.2) is 23.9 Å². The van der Waals surface area contributed by atoms with Gasteiger partial charge in [-0.15, -0.1) is 0 Å². The quantitative estimate of drug-likeness (QED) is 0.617. The van der Waals surface area contributed by atoms with Crippen LogP contribution in [0.3, 0.4) is 0 Å². The number of fused-ring (bicyclic) bond motifs is 3. The molecule has 108 valence electrons. The van der Waals surface area contributed by atoms with Gasteiger partial charge < -0.3 is 9.84 Å². The first kappa shape index (κ1) is 13.6. The highest BCUT2D eigenvalue weighted by Gasteiger charge is 2.42. The Kier molecular flexibility index (Phi) is 4.60. The van der Waals surface area contributed by atoms with Crippen molar-refractivity contribution in [1.82, 2.24) is 0 Å². The number of unbranched alkanes of at least 4 members (excludes halogenated alkanes) is 1. The molecule has 4 atom stereocenters. The van der Waals surface area contributed by atoms with E-state index in [2.05, 4.69) is 6.08 Å². The molecule has 0 bridgehead atoms. The van der Waals surface area contributed by atoms with E-state index >= 15 is 0 Å². The molecule has 1 N–H and O–H groups in total. The van der Waals surface area contributed by atoms with Gasteiger partial charge in [0.25, 0.3) is 0 Å². The summed E-state index contributed by atoms with van der Waals surface area (Å²) in [4.78, 5) is 0. The highest BCUT2D eigenvalue weighted by Crippen LogP contribution is 2.46. The van der Waals surface area contributed by atoms with Crippen molar-refractivity contribution in [1.29, 1.82) is 0 Å². The maximum atomic E-state index is 8.96. The maximum absolute atomic E-state index is 8.96. The van der Waals surface area contributed by atoms with Gasteiger partial charge in [-0.2, -0.15) is 0 Å². The van der Waals surface area contributed by atoms with Crippen molar-refractivity contribution in [2.75, 3.05) is 6.61 Å². The molecule has 0 aromatic carbocycles. The van der Waals surface area contributed by atoms with E-state index in [1.54, 1.807) is 5.57 Å². The fourth-order valence-corrected chi connectivity index (χ4v) is 4.44. The van der Waals surface area contributed by atoms with Crippen LogP contribution < -0.4 is 0 Å². The van der Waals surface area contributed by atoms with Gasteiger partial charge in [-0.3, -0.25) is 0 Å². The summed E-state index contributed by atoms with van der Waals surface area (Å²) >= 11 is 0. The highest BCUT2D eigenvalue weighted by molar-refractivity contribution is 5.20. The molecule has 0 spiro atoms. The van der Waals surface area contributed by atoms with Crippen molar-refractivity contribution < 1.29 is 9.84 Å². The maximum Gasteiger partial charge on any atom is 0.0644 e. The first-order valence-electron chi connectivity index (χ1n) is 8.36. The van der Waals surface area contributed by atoms with Crippen molar-refractivity contribution in [3.63, 3.8) is 0 Å². The standard InChI is InChI=1S/C17H28O2/c18-12-6-5-11-17-14-8-2-1-7-13(14)15-9-3-4-10-16(15)19-17/h7,14-18H,1-6,8-12H2/t14-,15+,16-,17-/m1/s1. The van der Waals surface area contributed by atoms with Gasteiger partial charge in [0.05, 0.1) is 12.2 Å². The minimum absolute atomic E-state index is 0.326. The van der Waals surface area contributed by atoms with Crippen molar-refractivity contribution in [3.8, 4) is 0 Å². The Hall–Kier alpha value is -0.340. The molecule has 2 fully saturated rings. The van der Waals surface area contributed by atoms with Gasteiger partial charge in [-0.1, -0.05) is 24.5 Å². The summed E-state index contributed by atoms with van der Waals surface area (Å²) in [6, 6.07) is 0. The number of allylic oxidation sites excluding steroid dienone is 1. The Balaban J connectivity index is 1.71. The van der Waals surface area contributed by atoms with Crippen LogP contribution in [0.5, 0.6) is 0 Å². The van der Waals surface area contributed by atoms with E-state index in [1.807, 2.05) is 0 Å². The van der Waals surface area contributed by atoms with Crippen molar-refractivity contribution >= 4 is 0 Å². The van der Waals surface area contributed by atoms with Crippen molar-refractivity contribution in [2.24, 2.45) is 11.8 Å². The minimum Gasteiger partial charge on any atom is -0.396 e. The first-order chi connectivity index (χ1) is 9.40. The van der Waals surface area contributed by atoms with Gasteiger partial charge >= 0.3 is 0 Å². The molecule has 1 heterocycles. The molecule has 1 aliphatic heterocycles. The second-order valence-corrected chi connectivity index (χ2v) is 6.56. The zero-order valence-electron chi connectivity index (χ0n) is 12.0. The zero-order chi connectivity index (χ0) is 13.1. The normalized spacial score (nSPS) is 38.3. The molecule has 3 aliphatic rings. The Morgan fingerprint density at radius 3 is 2.79 bits per heavy atom. The molecule has 19 heavy (non-hydrogen) atoms. The third kappa shape index (κ3) is 2.90. The molecule has 1 saturated carbocycles. The van der Waals surface area contributed by atoms with Crippen LogP contribution in [0.15, 0.2) is 11.6 Å². The number of rotatable bonds is 4. The average Bonchev–Trinajstić information content (AvgIpc) is 2.47. The van der Waals surface area contributed by atoms with Crippen LogP contribution >= 0.6 is 0 Å². The Labute approximate surface area is 117 Å². The fraction of sp³-hybridized carbons (Fsp3) is 0.882. The molecular formula is C17H28O2. The monoisotopic (exact) mass is 264 g/mol. The zero-order valence-corrected chi connectivity index (χ0v) is 12.0. The van der Waals surface area contributed by atoms with E-state index in [1.165, 1.54) is 44.9 Å².